The van der Waals surface area contributed by atoms with Gasteiger partial charge in [0, 0.05) is 24.3 Å². The molecule has 3 heterocycles. The van der Waals surface area contributed by atoms with E-state index in [0.29, 0.717) is 10.8 Å². The van der Waals surface area contributed by atoms with Crippen molar-refractivity contribution in [3.63, 3.8) is 0 Å². The molecule has 0 aliphatic rings. The number of anilines is 3. The van der Waals surface area contributed by atoms with Crippen LogP contribution in [-0.2, 0) is 7.05 Å². The molecular weight excluding hydrogens is 328 g/mol. The van der Waals surface area contributed by atoms with Crippen LogP contribution in [0.15, 0.2) is 29.9 Å². The molecule has 0 radical (unpaired) electrons. The fraction of sp³-hybridized carbons (Fsp3) is 0.200. The second-order valence-electron chi connectivity index (χ2n) is 5.14. The summed E-state index contributed by atoms with van der Waals surface area (Å²) in [5, 5.41) is 12.1. The Balaban J connectivity index is 1.76. The highest BCUT2D eigenvalue weighted by Crippen LogP contribution is 2.26. The number of ether oxygens (including phenoxy) is 1. The molecule has 1 amide bonds. The molecule has 0 unspecified atom stereocenters. The van der Waals surface area contributed by atoms with Crippen LogP contribution >= 0.6 is 11.3 Å². The Morgan fingerprint density at radius 2 is 2.08 bits per heavy atom. The fourth-order valence-electron chi connectivity index (χ4n) is 1.96. The molecule has 0 aromatic carbocycles. The summed E-state index contributed by atoms with van der Waals surface area (Å²) >= 11 is 1.33. The summed E-state index contributed by atoms with van der Waals surface area (Å²) in [5.41, 5.74) is 2.91. The quantitative estimate of drug-likeness (QED) is 0.754. The monoisotopic (exact) mass is 344 g/mol. The van der Waals surface area contributed by atoms with E-state index in [1.54, 1.807) is 16.9 Å². The van der Waals surface area contributed by atoms with Crippen LogP contribution in [0.1, 0.15) is 11.4 Å². The van der Waals surface area contributed by atoms with Gasteiger partial charge in [-0.05, 0) is 26.0 Å². The van der Waals surface area contributed by atoms with Gasteiger partial charge >= 0.3 is 6.09 Å². The predicted molar refractivity (Wildman–Crippen MR) is 92.0 cm³/mol. The van der Waals surface area contributed by atoms with Gasteiger partial charge in [-0.15, -0.1) is 11.3 Å². The first-order valence-corrected chi connectivity index (χ1v) is 8.02. The van der Waals surface area contributed by atoms with Crippen LogP contribution in [0.25, 0.3) is 0 Å². The molecule has 0 aliphatic heterocycles. The summed E-state index contributed by atoms with van der Waals surface area (Å²) in [6.45, 7) is 3.67. The van der Waals surface area contributed by atoms with E-state index in [1.807, 2.05) is 38.5 Å². The smallest absolute Gasteiger partial charge is 0.389 e. The van der Waals surface area contributed by atoms with E-state index in [-0.39, 0.29) is 5.88 Å². The Kier molecular flexibility index (Phi) is 4.43. The second kappa shape index (κ2) is 6.67. The van der Waals surface area contributed by atoms with Crippen molar-refractivity contribution in [1.82, 2.24) is 19.7 Å². The number of rotatable bonds is 4. The number of hydrogen-bond acceptors (Lipinski definition) is 7. The lowest BCUT2D eigenvalue weighted by molar-refractivity contribution is 0.213. The lowest BCUT2D eigenvalue weighted by Crippen LogP contribution is -2.18. The maximum Gasteiger partial charge on any atom is 0.420 e. The van der Waals surface area contributed by atoms with Crippen molar-refractivity contribution >= 4 is 33.9 Å². The molecule has 3 aromatic rings. The minimum Gasteiger partial charge on any atom is -0.389 e. The number of amides is 1. The molecule has 2 N–H and O–H groups in total. The maximum absolute atomic E-state index is 12.1. The standard InChI is InChI=1S/C15H16N6O2S/c1-9-4-5-12(19-11-6-16-21(3)7-11)13(17-9)23-15(22)20-14-18-10(2)8-24-14/h4-8,19H,1-3H3,(H,18,20,22). The third-order valence-electron chi connectivity index (χ3n) is 3.00. The van der Waals surface area contributed by atoms with Crippen molar-refractivity contribution in [2.45, 2.75) is 13.8 Å². The number of aryl methyl sites for hydroxylation is 3. The number of nitrogens with zero attached hydrogens (tertiary/aromatic N) is 4. The maximum atomic E-state index is 12.1. The van der Waals surface area contributed by atoms with Gasteiger partial charge in [0.1, 0.15) is 5.69 Å². The van der Waals surface area contributed by atoms with Crippen molar-refractivity contribution in [3.05, 3.63) is 41.3 Å². The number of carbonyl (C=O) groups excluding carboxylic acids is 1. The zero-order valence-corrected chi connectivity index (χ0v) is 14.2. The highest BCUT2D eigenvalue weighted by molar-refractivity contribution is 7.13. The van der Waals surface area contributed by atoms with Crippen molar-refractivity contribution in [3.8, 4) is 5.88 Å². The van der Waals surface area contributed by atoms with Gasteiger partial charge in [0.05, 0.1) is 17.6 Å². The molecule has 3 aromatic heterocycles. The van der Waals surface area contributed by atoms with Gasteiger partial charge in [-0.2, -0.15) is 5.10 Å². The number of pyridine rings is 1. The molecule has 24 heavy (non-hydrogen) atoms. The molecule has 124 valence electrons. The fourth-order valence-corrected chi connectivity index (χ4v) is 2.63. The number of nitrogens with one attached hydrogen (secondary N) is 2. The Morgan fingerprint density at radius 3 is 2.75 bits per heavy atom. The van der Waals surface area contributed by atoms with Crippen molar-refractivity contribution in [2.75, 3.05) is 10.6 Å². The van der Waals surface area contributed by atoms with E-state index in [4.69, 9.17) is 4.74 Å². The minimum absolute atomic E-state index is 0.185. The van der Waals surface area contributed by atoms with Gasteiger partial charge in [-0.1, -0.05) is 0 Å². The Hall–Kier alpha value is -2.94. The van der Waals surface area contributed by atoms with Crippen molar-refractivity contribution in [1.29, 1.82) is 0 Å². The van der Waals surface area contributed by atoms with Crippen LogP contribution in [0.3, 0.4) is 0 Å². The first-order chi connectivity index (χ1) is 11.5. The summed E-state index contributed by atoms with van der Waals surface area (Å²) in [4.78, 5) is 20.5. The zero-order chi connectivity index (χ0) is 17.1. The van der Waals surface area contributed by atoms with Gasteiger partial charge in [-0.25, -0.2) is 14.8 Å². The molecule has 3 rings (SSSR count). The highest BCUT2D eigenvalue weighted by Gasteiger charge is 2.13. The molecule has 0 atom stereocenters. The molecule has 0 saturated heterocycles. The zero-order valence-electron chi connectivity index (χ0n) is 13.4. The van der Waals surface area contributed by atoms with E-state index >= 15 is 0 Å². The predicted octanol–water partition coefficient (Wildman–Crippen LogP) is 3.24. The lowest BCUT2D eigenvalue weighted by atomic mass is 10.3. The van der Waals surface area contributed by atoms with E-state index in [9.17, 15) is 4.79 Å². The van der Waals surface area contributed by atoms with Crippen molar-refractivity contribution in [2.24, 2.45) is 7.05 Å². The molecule has 0 bridgehead atoms. The second-order valence-corrected chi connectivity index (χ2v) is 6.00. The van der Waals surface area contributed by atoms with Crippen LogP contribution < -0.4 is 15.4 Å². The molecule has 8 nitrogen and oxygen atoms in total. The summed E-state index contributed by atoms with van der Waals surface area (Å²) in [6.07, 6.45) is 2.83. The van der Waals surface area contributed by atoms with Crippen molar-refractivity contribution < 1.29 is 9.53 Å². The van der Waals surface area contributed by atoms with E-state index < -0.39 is 6.09 Å². The lowest BCUT2D eigenvalue weighted by Gasteiger charge is -2.10. The SMILES string of the molecule is Cc1csc(NC(=O)Oc2nc(C)ccc2Nc2cnn(C)c2)n1. The molecular formula is C15H16N6O2S. The van der Waals surface area contributed by atoms with Gasteiger partial charge in [0.25, 0.3) is 0 Å². The molecule has 0 aliphatic carbocycles. The first kappa shape index (κ1) is 15.9. The van der Waals surface area contributed by atoms with Crippen LogP contribution in [-0.4, -0.2) is 25.8 Å². The third kappa shape index (κ3) is 3.87. The van der Waals surface area contributed by atoms with E-state index in [0.717, 1.165) is 17.1 Å². The third-order valence-corrected chi connectivity index (χ3v) is 3.88. The number of hydrogen-bond donors (Lipinski definition) is 2. The normalized spacial score (nSPS) is 10.5. The average Bonchev–Trinajstić information content (AvgIpc) is 3.10. The van der Waals surface area contributed by atoms with Gasteiger partial charge < -0.3 is 10.1 Å². The number of thiazole rings is 1. The largest absolute Gasteiger partial charge is 0.420 e. The summed E-state index contributed by atoms with van der Waals surface area (Å²) in [6, 6.07) is 3.62. The first-order valence-electron chi connectivity index (χ1n) is 7.14. The summed E-state index contributed by atoms with van der Waals surface area (Å²) < 4.78 is 7.00. The number of aromatic nitrogens is 4. The van der Waals surface area contributed by atoms with Crippen LogP contribution in [0.5, 0.6) is 5.88 Å². The van der Waals surface area contributed by atoms with Gasteiger partial charge in [0.2, 0.25) is 5.88 Å². The van der Waals surface area contributed by atoms with Crippen LogP contribution in [0, 0.1) is 13.8 Å². The average molecular weight is 344 g/mol. The van der Waals surface area contributed by atoms with Crippen LogP contribution in [0.4, 0.5) is 21.3 Å². The summed E-state index contributed by atoms with van der Waals surface area (Å²) in [7, 11) is 1.82. The number of carbonyl (C=O) groups is 1. The van der Waals surface area contributed by atoms with Crippen LogP contribution in [0.2, 0.25) is 0 Å². The molecule has 0 saturated carbocycles. The molecule has 0 fully saturated rings. The van der Waals surface area contributed by atoms with E-state index in [1.165, 1.54) is 11.3 Å². The topological polar surface area (TPSA) is 94.0 Å². The minimum atomic E-state index is -0.642. The van der Waals surface area contributed by atoms with Gasteiger partial charge in [0.15, 0.2) is 5.13 Å². The molecule has 9 heteroatoms. The Bertz CT molecular complexity index is 872. The van der Waals surface area contributed by atoms with E-state index in [2.05, 4.69) is 25.7 Å². The van der Waals surface area contributed by atoms with Gasteiger partial charge in [-0.3, -0.25) is 10.00 Å². The Morgan fingerprint density at radius 1 is 1.25 bits per heavy atom. The molecule has 0 spiro atoms. The summed E-state index contributed by atoms with van der Waals surface area (Å²) in [5.74, 6) is 0.185. The Labute approximate surface area is 142 Å². The highest BCUT2D eigenvalue weighted by atomic mass is 32.1.